The molecular weight excluding hydrogens is 260 g/mol. The van der Waals surface area contributed by atoms with E-state index in [1.807, 2.05) is 12.3 Å². The third kappa shape index (κ3) is 5.66. The Balaban J connectivity index is 1.78. The maximum absolute atomic E-state index is 5.93. The standard InChI is InChI=1S/C18H30N2O/c1-17(2,3)11-13-7-8-16(19-12-13)21-15-9-14(10-15)20-18(4,5)6/h7-8,12,14-15,20H,9-11H2,1-6H3/t14-,15-. The Morgan fingerprint density at radius 3 is 2.29 bits per heavy atom. The summed E-state index contributed by atoms with van der Waals surface area (Å²) in [5, 5.41) is 3.61. The largest absolute Gasteiger partial charge is 0.474 e. The van der Waals surface area contributed by atoms with Crippen LogP contribution in [-0.4, -0.2) is 22.7 Å². The molecule has 0 aliphatic heterocycles. The molecule has 118 valence electrons. The SMILES string of the molecule is CC(C)(C)Cc1ccc(O[C@H]2C[C@H](NC(C)(C)C)C2)nc1. The van der Waals surface area contributed by atoms with Crippen molar-refractivity contribution in [3.05, 3.63) is 23.9 Å². The van der Waals surface area contributed by atoms with Crippen molar-refractivity contribution in [2.75, 3.05) is 0 Å². The molecule has 1 aliphatic carbocycles. The van der Waals surface area contributed by atoms with Crippen LogP contribution >= 0.6 is 0 Å². The molecule has 1 aromatic heterocycles. The fraction of sp³-hybridized carbons (Fsp3) is 0.722. The predicted molar refractivity (Wildman–Crippen MR) is 87.7 cm³/mol. The van der Waals surface area contributed by atoms with Gasteiger partial charge in [-0.1, -0.05) is 26.8 Å². The number of hydrogen-bond donors (Lipinski definition) is 1. The minimum absolute atomic E-state index is 0.183. The average molecular weight is 290 g/mol. The van der Waals surface area contributed by atoms with Crippen molar-refractivity contribution in [3.63, 3.8) is 0 Å². The fourth-order valence-corrected chi connectivity index (χ4v) is 2.76. The summed E-state index contributed by atoms with van der Waals surface area (Å²) in [6.07, 6.45) is 5.45. The van der Waals surface area contributed by atoms with E-state index in [1.54, 1.807) is 0 Å². The second-order valence-corrected chi connectivity index (χ2v) is 8.54. The number of pyridine rings is 1. The molecule has 1 heterocycles. The van der Waals surface area contributed by atoms with Gasteiger partial charge in [-0.3, -0.25) is 0 Å². The van der Waals surface area contributed by atoms with E-state index in [0.29, 0.717) is 17.6 Å². The molecular formula is C18H30N2O. The lowest BCUT2D eigenvalue weighted by Gasteiger charge is -2.39. The summed E-state index contributed by atoms with van der Waals surface area (Å²) in [4.78, 5) is 4.44. The summed E-state index contributed by atoms with van der Waals surface area (Å²) in [5.41, 5.74) is 1.75. The number of nitrogens with one attached hydrogen (secondary N) is 1. The minimum Gasteiger partial charge on any atom is -0.474 e. The van der Waals surface area contributed by atoms with Crippen LogP contribution in [0.3, 0.4) is 0 Å². The van der Waals surface area contributed by atoms with E-state index in [1.165, 1.54) is 5.56 Å². The molecule has 0 unspecified atom stereocenters. The van der Waals surface area contributed by atoms with Gasteiger partial charge in [-0.05, 0) is 51.0 Å². The number of ether oxygens (including phenoxy) is 1. The Kier molecular flexibility index (Phi) is 4.62. The molecule has 1 aliphatic rings. The molecule has 1 saturated carbocycles. The maximum atomic E-state index is 5.93. The number of nitrogens with zero attached hydrogens (tertiary/aromatic N) is 1. The third-order valence-corrected chi connectivity index (χ3v) is 3.55. The third-order valence-electron chi connectivity index (χ3n) is 3.55. The number of hydrogen-bond acceptors (Lipinski definition) is 3. The normalized spacial score (nSPS) is 22.8. The molecule has 0 saturated heterocycles. The van der Waals surface area contributed by atoms with E-state index in [4.69, 9.17) is 4.74 Å². The van der Waals surface area contributed by atoms with Gasteiger partial charge in [0, 0.05) is 23.8 Å². The van der Waals surface area contributed by atoms with Gasteiger partial charge in [0.2, 0.25) is 5.88 Å². The van der Waals surface area contributed by atoms with Crippen LogP contribution in [0.25, 0.3) is 0 Å². The smallest absolute Gasteiger partial charge is 0.213 e. The molecule has 1 aromatic rings. The first-order valence-electron chi connectivity index (χ1n) is 8.00. The van der Waals surface area contributed by atoms with Crippen LogP contribution in [0.4, 0.5) is 0 Å². The molecule has 0 atom stereocenters. The summed E-state index contributed by atoms with van der Waals surface area (Å²) >= 11 is 0. The van der Waals surface area contributed by atoms with Crippen LogP contribution in [0.5, 0.6) is 5.88 Å². The lowest BCUT2D eigenvalue weighted by molar-refractivity contribution is 0.0694. The molecule has 21 heavy (non-hydrogen) atoms. The second kappa shape index (κ2) is 5.96. The van der Waals surface area contributed by atoms with Crippen LogP contribution in [0.1, 0.15) is 59.9 Å². The van der Waals surface area contributed by atoms with Gasteiger partial charge in [0.05, 0.1) is 0 Å². The first kappa shape index (κ1) is 16.3. The van der Waals surface area contributed by atoms with Crippen molar-refractivity contribution in [3.8, 4) is 5.88 Å². The summed E-state index contributed by atoms with van der Waals surface area (Å²) in [7, 11) is 0. The number of rotatable bonds is 4. The molecule has 0 bridgehead atoms. The molecule has 0 radical (unpaired) electrons. The van der Waals surface area contributed by atoms with Crippen molar-refractivity contribution in [1.82, 2.24) is 10.3 Å². The van der Waals surface area contributed by atoms with E-state index in [9.17, 15) is 0 Å². The summed E-state index contributed by atoms with van der Waals surface area (Å²) < 4.78 is 5.93. The quantitative estimate of drug-likeness (QED) is 0.911. The van der Waals surface area contributed by atoms with Crippen molar-refractivity contribution in [2.45, 2.75) is 78.5 Å². The maximum Gasteiger partial charge on any atom is 0.213 e. The first-order chi connectivity index (χ1) is 9.61. The summed E-state index contributed by atoms with van der Waals surface area (Å²) in [6.45, 7) is 13.3. The number of aromatic nitrogens is 1. The molecule has 3 heteroatoms. The summed E-state index contributed by atoms with van der Waals surface area (Å²) in [5.74, 6) is 0.756. The van der Waals surface area contributed by atoms with Crippen LogP contribution in [0.15, 0.2) is 18.3 Å². The Bertz CT molecular complexity index is 448. The highest BCUT2D eigenvalue weighted by atomic mass is 16.5. The predicted octanol–water partition coefficient (Wildman–Crippen LogP) is 3.97. The van der Waals surface area contributed by atoms with Gasteiger partial charge in [-0.2, -0.15) is 0 Å². The lowest BCUT2D eigenvalue weighted by atomic mass is 9.87. The Morgan fingerprint density at radius 1 is 1.14 bits per heavy atom. The molecule has 0 aromatic carbocycles. The van der Waals surface area contributed by atoms with Gasteiger partial charge >= 0.3 is 0 Å². The lowest BCUT2D eigenvalue weighted by Crippen LogP contribution is -2.53. The zero-order valence-corrected chi connectivity index (χ0v) is 14.4. The Hall–Kier alpha value is -1.09. The van der Waals surface area contributed by atoms with Crippen LogP contribution in [-0.2, 0) is 6.42 Å². The van der Waals surface area contributed by atoms with Gasteiger partial charge in [-0.15, -0.1) is 0 Å². The van der Waals surface area contributed by atoms with Gasteiger partial charge < -0.3 is 10.1 Å². The van der Waals surface area contributed by atoms with Crippen molar-refractivity contribution < 1.29 is 4.74 Å². The second-order valence-electron chi connectivity index (χ2n) is 8.54. The molecule has 0 amide bonds. The van der Waals surface area contributed by atoms with Gasteiger partial charge in [-0.25, -0.2) is 4.98 Å². The van der Waals surface area contributed by atoms with Gasteiger partial charge in [0.25, 0.3) is 0 Å². The fourth-order valence-electron chi connectivity index (χ4n) is 2.76. The topological polar surface area (TPSA) is 34.1 Å². The van der Waals surface area contributed by atoms with Gasteiger partial charge in [0.15, 0.2) is 0 Å². The van der Waals surface area contributed by atoms with E-state index in [0.717, 1.165) is 25.1 Å². The molecule has 1 N–H and O–H groups in total. The van der Waals surface area contributed by atoms with Crippen molar-refractivity contribution in [1.29, 1.82) is 0 Å². The van der Waals surface area contributed by atoms with Crippen molar-refractivity contribution >= 4 is 0 Å². The van der Waals surface area contributed by atoms with Crippen LogP contribution < -0.4 is 10.1 Å². The van der Waals surface area contributed by atoms with E-state index >= 15 is 0 Å². The monoisotopic (exact) mass is 290 g/mol. The highest BCUT2D eigenvalue weighted by Gasteiger charge is 2.33. The van der Waals surface area contributed by atoms with Crippen LogP contribution in [0.2, 0.25) is 0 Å². The molecule has 3 nitrogen and oxygen atoms in total. The first-order valence-corrected chi connectivity index (χ1v) is 8.00. The molecule has 0 spiro atoms. The Labute approximate surface area is 129 Å². The van der Waals surface area contributed by atoms with Gasteiger partial charge in [0.1, 0.15) is 6.10 Å². The zero-order valence-electron chi connectivity index (χ0n) is 14.4. The minimum atomic E-state index is 0.183. The van der Waals surface area contributed by atoms with E-state index < -0.39 is 0 Å². The van der Waals surface area contributed by atoms with Crippen LogP contribution in [0, 0.1) is 5.41 Å². The van der Waals surface area contributed by atoms with E-state index in [2.05, 4.69) is 57.9 Å². The van der Waals surface area contributed by atoms with E-state index in [-0.39, 0.29) is 5.54 Å². The average Bonchev–Trinajstić information content (AvgIpc) is 2.25. The molecule has 1 fully saturated rings. The molecule has 2 rings (SSSR count). The Morgan fingerprint density at radius 2 is 1.81 bits per heavy atom. The zero-order chi connectivity index (χ0) is 15.7. The summed E-state index contributed by atoms with van der Waals surface area (Å²) in [6, 6.07) is 4.72. The highest BCUT2D eigenvalue weighted by Crippen LogP contribution is 2.27. The highest BCUT2D eigenvalue weighted by molar-refractivity contribution is 5.19. The van der Waals surface area contributed by atoms with Crippen molar-refractivity contribution in [2.24, 2.45) is 5.41 Å².